The Hall–Kier alpha value is -3.57. The minimum atomic E-state index is -3.35. The smallest absolute Gasteiger partial charge is 0.232 e. The van der Waals surface area contributed by atoms with Crippen LogP contribution < -0.4 is 16.8 Å². The lowest BCUT2D eigenvalue weighted by Crippen LogP contribution is -2.05. The summed E-state index contributed by atoms with van der Waals surface area (Å²) in [6.07, 6.45) is 1.14. The van der Waals surface area contributed by atoms with Gasteiger partial charge < -0.3 is 16.8 Å². The standard InChI is InChI=1S/C19H17N7O2S2/c1-30(27,28)13-9-5-8-12(10-13)22-19-25-16(24-17(20)26-19)15-14(23-18(21)29-15)11-6-3-2-4-7-11/h2-10H,1H3,(H2,21,23)(H3,20,22,24,25,26). The van der Waals surface area contributed by atoms with Crippen molar-refractivity contribution in [3.63, 3.8) is 0 Å². The first kappa shape index (κ1) is 19.7. The fraction of sp³-hybridized carbons (Fsp3) is 0.0526. The number of anilines is 4. The number of benzene rings is 2. The maximum absolute atomic E-state index is 11.8. The molecule has 0 atom stereocenters. The molecule has 0 saturated carbocycles. The molecule has 0 amide bonds. The van der Waals surface area contributed by atoms with E-state index in [-0.39, 0.29) is 16.8 Å². The van der Waals surface area contributed by atoms with E-state index in [4.69, 9.17) is 11.5 Å². The molecule has 0 saturated heterocycles. The Kier molecular flexibility index (Phi) is 5.06. The highest BCUT2D eigenvalue weighted by Gasteiger charge is 2.18. The first-order valence-electron chi connectivity index (χ1n) is 8.70. The van der Waals surface area contributed by atoms with Crippen LogP contribution in [0, 0.1) is 0 Å². The third-order valence-corrected chi connectivity index (χ3v) is 6.06. The second kappa shape index (κ2) is 7.69. The summed E-state index contributed by atoms with van der Waals surface area (Å²) in [5, 5.41) is 3.35. The predicted molar refractivity (Wildman–Crippen MR) is 118 cm³/mol. The van der Waals surface area contributed by atoms with Gasteiger partial charge in [-0.15, -0.1) is 0 Å². The highest BCUT2D eigenvalue weighted by Crippen LogP contribution is 2.36. The molecule has 4 aromatic rings. The van der Waals surface area contributed by atoms with Gasteiger partial charge in [0.1, 0.15) is 4.88 Å². The molecule has 11 heteroatoms. The van der Waals surface area contributed by atoms with E-state index in [2.05, 4.69) is 25.3 Å². The number of aromatic nitrogens is 4. The molecule has 0 fully saturated rings. The molecule has 4 rings (SSSR count). The Morgan fingerprint density at radius 1 is 0.933 bits per heavy atom. The summed E-state index contributed by atoms with van der Waals surface area (Å²) in [7, 11) is -3.35. The lowest BCUT2D eigenvalue weighted by molar-refractivity contribution is 0.602. The first-order chi connectivity index (χ1) is 14.3. The van der Waals surface area contributed by atoms with Crippen LogP contribution in [0.1, 0.15) is 0 Å². The van der Waals surface area contributed by atoms with Crippen LogP contribution in [0.25, 0.3) is 22.0 Å². The summed E-state index contributed by atoms with van der Waals surface area (Å²) in [4.78, 5) is 18.0. The molecule has 0 bridgehead atoms. The Balaban J connectivity index is 1.74. The fourth-order valence-corrected chi connectivity index (χ4v) is 4.22. The van der Waals surface area contributed by atoms with Gasteiger partial charge in [0.2, 0.25) is 11.9 Å². The van der Waals surface area contributed by atoms with Gasteiger partial charge in [-0.1, -0.05) is 47.7 Å². The molecule has 0 radical (unpaired) electrons. The Morgan fingerprint density at radius 2 is 1.70 bits per heavy atom. The zero-order valence-electron chi connectivity index (χ0n) is 15.8. The monoisotopic (exact) mass is 439 g/mol. The second-order valence-corrected chi connectivity index (χ2v) is 9.41. The topological polar surface area (TPSA) is 150 Å². The van der Waals surface area contributed by atoms with Crippen molar-refractivity contribution in [3.8, 4) is 22.0 Å². The van der Waals surface area contributed by atoms with E-state index in [9.17, 15) is 8.42 Å². The molecular weight excluding hydrogens is 422 g/mol. The molecule has 0 unspecified atom stereocenters. The van der Waals surface area contributed by atoms with Gasteiger partial charge in [-0.05, 0) is 18.2 Å². The van der Waals surface area contributed by atoms with Gasteiger partial charge in [0.05, 0.1) is 10.6 Å². The summed E-state index contributed by atoms with van der Waals surface area (Å²) >= 11 is 1.24. The van der Waals surface area contributed by atoms with Gasteiger partial charge in [0.25, 0.3) is 0 Å². The van der Waals surface area contributed by atoms with Gasteiger partial charge >= 0.3 is 0 Å². The molecule has 5 N–H and O–H groups in total. The minimum absolute atomic E-state index is 0.00718. The molecule has 152 valence electrons. The van der Waals surface area contributed by atoms with E-state index >= 15 is 0 Å². The molecule has 0 spiro atoms. The van der Waals surface area contributed by atoms with Gasteiger partial charge in [-0.25, -0.2) is 13.4 Å². The van der Waals surface area contributed by atoms with E-state index in [0.717, 1.165) is 11.8 Å². The summed E-state index contributed by atoms with van der Waals surface area (Å²) in [5.74, 6) is 0.499. The Labute approximate surface area is 176 Å². The molecule has 0 aliphatic carbocycles. The molecule has 2 heterocycles. The molecule has 9 nitrogen and oxygen atoms in total. The van der Waals surface area contributed by atoms with Crippen molar-refractivity contribution in [2.24, 2.45) is 0 Å². The largest absolute Gasteiger partial charge is 0.375 e. The van der Waals surface area contributed by atoms with E-state index in [1.165, 1.54) is 23.5 Å². The summed E-state index contributed by atoms with van der Waals surface area (Å²) in [6.45, 7) is 0. The summed E-state index contributed by atoms with van der Waals surface area (Å²) in [5.41, 5.74) is 13.9. The molecule has 2 aromatic heterocycles. The highest BCUT2D eigenvalue weighted by molar-refractivity contribution is 7.90. The quantitative estimate of drug-likeness (QED) is 0.426. The van der Waals surface area contributed by atoms with Crippen molar-refractivity contribution in [2.75, 3.05) is 23.0 Å². The molecule has 0 aliphatic heterocycles. The maximum atomic E-state index is 11.8. The zero-order valence-corrected chi connectivity index (χ0v) is 17.4. The van der Waals surface area contributed by atoms with Crippen LogP contribution in [0.15, 0.2) is 59.5 Å². The number of hydrogen-bond donors (Lipinski definition) is 3. The third-order valence-electron chi connectivity index (χ3n) is 4.07. The van der Waals surface area contributed by atoms with Crippen LogP contribution in [0.4, 0.5) is 22.7 Å². The second-order valence-electron chi connectivity index (χ2n) is 6.36. The van der Waals surface area contributed by atoms with Crippen molar-refractivity contribution in [2.45, 2.75) is 4.90 Å². The molecule has 0 aliphatic rings. The number of nitrogens with two attached hydrogens (primary N) is 2. The highest BCUT2D eigenvalue weighted by atomic mass is 32.2. The first-order valence-corrected chi connectivity index (χ1v) is 11.4. The van der Waals surface area contributed by atoms with Crippen molar-refractivity contribution in [3.05, 3.63) is 54.6 Å². The van der Waals surface area contributed by atoms with Crippen LogP contribution in [0.5, 0.6) is 0 Å². The number of nitrogens with zero attached hydrogens (tertiary/aromatic N) is 4. The summed E-state index contributed by atoms with van der Waals surface area (Å²) in [6, 6.07) is 15.9. The van der Waals surface area contributed by atoms with Crippen LogP contribution in [0.2, 0.25) is 0 Å². The Morgan fingerprint density at radius 3 is 2.43 bits per heavy atom. The maximum Gasteiger partial charge on any atom is 0.232 e. The lowest BCUT2D eigenvalue weighted by atomic mass is 10.1. The van der Waals surface area contributed by atoms with E-state index in [0.29, 0.717) is 27.2 Å². The van der Waals surface area contributed by atoms with Crippen molar-refractivity contribution >= 4 is 43.9 Å². The molecular formula is C19H17N7O2S2. The van der Waals surface area contributed by atoms with Gasteiger partial charge in [-0.2, -0.15) is 15.0 Å². The average Bonchev–Trinajstić information content (AvgIpc) is 3.10. The number of sulfone groups is 1. The number of nitrogen functional groups attached to an aromatic ring is 2. The number of thiazole rings is 1. The number of nitrogens with one attached hydrogen (secondary N) is 1. The van der Waals surface area contributed by atoms with Crippen LogP contribution in [-0.4, -0.2) is 34.6 Å². The zero-order chi connectivity index (χ0) is 21.3. The normalized spacial score (nSPS) is 11.4. The number of rotatable bonds is 5. The van der Waals surface area contributed by atoms with Crippen LogP contribution in [0.3, 0.4) is 0 Å². The van der Waals surface area contributed by atoms with Crippen LogP contribution >= 0.6 is 11.3 Å². The fourth-order valence-electron chi connectivity index (χ4n) is 2.76. The Bertz CT molecular complexity index is 1320. The van der Waals surface area contributed by atoms with Crippen molar-refractivity contribution in [1.82, 2.24) is 19.9 Å². The lowest BCUT2D eigenvalue weighted by Gasteiger charge is -2.08. The SMILES string of the molecule is CS(=O)(=O)c1cccc(Nc2nc(N)nc(-c3sc(N)nc3-c3ccccc3)n2)c1. The number of hydrogen-bond acceptors (Lipinski definition) is 10. The molecule has 30 heavy (non-hydrogen) atoms. The van der Waals surface area contributed by atoms with Crippen molar-refractivity contribution < 1.29 is 8.42 Å². The van der Waals surface area contributed by atoms with Gasteiger partial charge in [0.15, 0.2) is 20.8 Å². The van der Waals surface area contributed by atoms with E-state index < -0.39 is 9.84 Å². The summed E-state index contributed by atoms with van der Waals surface area (Å²) < 4.78 is 23.6. The van der Waals surface area contributed by atoms with E-state index in [1.54, 1.807) is 12.1 Å². The average molecular weight is 440 g/mol. The van der Waals surface area contributed by atoms with Crippen molar-refractivity contribution in [1.29, 1.82) is 0 Å². The molecule has 2 aromatic carbocycles. The van der Waals surface area contributed by atoms with Gasteiger partial charge in [-0.3, -0.25) is 0 Å². The predicted octanol–water partition coefficient (Wildman–Crippen LogP) is 2.97. The van der Waals surface area contributed by atoms with Crippen LogP contribution in [-0.2, 0) is 9.84 Å². The minimum Gasteiger partial charge on any atom is -0.375 e. The van der Waals surface area contributed by atoms with Gasteiger partial charge in [0, 0.05) is 17.5 Å². The third kappa shape index (κ3) is 4.21. The van der Waals surface area contributed by atoms with E-state index in [1.807, 2.05) is 30.3 Å².